The second-order valence-electron chi connectivity index (χ2n) is 6.67. The minimum absolute atomic E-state index is 0.0814. The van der Waals surface area contributed by atoms with Gasteiger partial charge in [-0.2, -0.15) is 4.31 Å². The lowest BCUT2D eigenvalue weighted by Gasteiger charge is -2.34. The van der Waals surface area contributed by atoms with Crippen LogP contribution < -0.4 is 0 Å². The van der Waals surface area contributed by atoms with E-state index in [9.17, 15) is 13.2 Å². The third-order valence-corrected chi connectivity index (χ3v) is 6.13. The monoisotopic (exact) mass is 389 g/mol. The van der Waals surface area contributed by atoms with Gasteiger partial charge in [-0.05, 0) is 37.6 Å². The van der Waals surface area contributed by atoms with Gasteiger partial charge < -0.3 is 9.47 Å². The molecule has 0 unspecified atom stereocenters. The number of morpholine rings is 1. The molecule has 2 atom stereocenters. The Kier molecular flexibility index (Phi) is 5.94. The molecule has 27 heavy (non-hydrogen) atoms. The molecule has 7 heteroatoms. The Balaban J connectivity index is 1.75. The predicted molar refractivity (Wildman–Crippen MR) is 101 cm³/mol. The van der Waals surface area contributed by atoms with Crippen LogP contribution in [0, 0.1) is 0 Å². The highest BCUT2D eigenvalue weighted by Crippen LogP contribution is 2.22. The van der Waals surface area contributed by atoms with Crippen molar-refractivity contribution in [3.8, 4) is 0 Å². The van der Waals surface area contributed by atoms with Crippen LogP contribution in [0.25, 0.3) is 0 Å². The topological polar surface area (TPSA) is 72.9 Å². The molecule has 6 nitrogen and oxygen atoms in total. The van der Waals surface area contributed by atoms with E-state index >= 15 is 0 Å². The van der Waals surface area contributed by atoms with E-state index in [1.165, 1.54) is 16.4 Å². The van der Waals surface area contributed by atoms with E-state index in [-0.39, 0.29) is 42.4 Å². The van der Waals surface area contributed by atoms with Gasteiger partial charge in [0.2, 0.25) is 10.0 Å². The quantitative estimate of drug-likeness (QED) is 0.736. The molecule has 1 fully saturated rings. The molecule has 2 aromatic rings. The Hall–Kier alpha value is -2.22. The van der Waals surface area contributed by atoms with Crippen molar-refractivity contribution in [1.29, 1.82) is 0 Å². The number of carbonyl (C=O) groups excluding carboxylic acids is 1. The summed E-state index contributed by atoms with van der Waals surface area (Å²) in [5.74, 6) is -0.556. The van der Waals surface area contributed by atoms with Gasteiger partial charge in [-0.3, -0.25) is 0 Å². The second-order valence-corrected chi connectivity index (χ2v) is 8.61. The first kappa shape index (κ1) is 19.5. The lowest BCUT2D eigenvalue weighted by Crippen LogP contribution is -2.48. The summed E-state index contributed by atoms with van der Waals surface area (Å²) in [5, 5.41) is 0. The van der Waals surface area contributed by atoms with Gasteiger partial charge in [-0.25, -0.2) is 13.2 Å². The van der Waals surface area contributed by atoms with Crippen molar-refractivity contribution >= 4 is 16.0 Å². The summed E-state index contributed by atoms with van der Waals surface area (Å²) in [5.41, 5.74) is 1.08. The summed E-state index contributed by atoms with van der Waals surface area (Å²) >= 11 is 0. The molecule has 2 aromatic carbocycles. The predicted octanol–water partition coefficient (Wildman–Crippen LogP) is 2.84. The Morgan fingerprint density at radius 1 is 1.07 bits per heavy atom. The summed E-state index contributed by atoms with van der Waals surface area (Å²) in [6.45, 7) is 4.39. The zero-order valence-electron chi connectivity index (χ0n) is 15.4. The summed E-state index contributed by atoms with van der Waals surface area (Å²) in [6.07, 6.45) is -0.356. The van der Waals surface area contributed by atoms with E-state index in [0.29, 0.717) is 0 Å². The molecule has 144 valence electrons. The highest BCUT2D eigenvalue weighted by molar-refractivity contribution is 7.89. The standard InChI is InChI=1S/C20H23NO5S/c1-15-12-21(13-16(2)26-15)27(23,24)19-10-6-9-18(11-19)20(22)25-14-17-7-4-3-5-8-17/h3-11,15-16H,12-14H2,1-2H3/t15-,16+. The fraction of sp³-hybridized carbons (Fsp3) is 0.350. The summed E-state index contributed by atoms with van der Waals surface area (Å²) in [6, 6.07) is 15.3. The maximum Gasteiger partial charge on any atom is 0.338 e. The van der Waals surface area contributed by atoms with Gasteiger partial charge in [-0.15, -0.1) is 0 Å². The van der Waals surface area contributed by atoms with E-state index in [2.05, 4.69) is 0 Å². The minimum atomic E-state index is -3.71. The molecule has 0 saturated carbocycles. The highest BCUT2D eigenvalue weighted by atomic mass is 32.2. The first-order chi connectivity index (χ1) is 12.9. The molecular formula is C20H23NO5S. The number of ether oxygens (including phenoxy) is 2. The van der Waals surface area contributed by atoms with Crippen molar-refractivity contribution in [1.82, 2.24) is 4.31 Å². The Bertz CT molecular complexity index is 888. The van der Waals surface area contributed by atoms with Gasteiger partial charge in [0.25, 0.3) is 0 Å². The van der Waals surface area contributed by atoms with E-state index in [4.69, 9.17) is 9.47 Å². The number of sulfonamides is 1. The Morgan fingerprint density at radius 2 is 1.74 bits per heavy atom. The van der Waals surface area contributed by atoms with E-state index in [1.807, 2.05) is 44.2 Å². The molecule has 3 rings (SSSR count). The number of hydrogen-bond donors (Lipinski definition) is 0. The lowest BCUT2D eigenvalue weighted by molar-refractivity contribution is -0.0440. The molecule has 0 bridgehead atoms. The number of carbonyl (C=O) groups is 1. The largest absolute Gasteiger partial charge is 0.457 e. The molecule has 0 aromatic heterocycles. The molecule has 1 aliphatic rings. The first-order valence-electron chi connectivity index (χ1n) is 8.83. The molecule has 0 aliphatic carbocycles. The molecule has 0 N–H and O–H groups in total. The summed E-state index contributed by atoms with van der Waals surface area (Å²) in [4.78, 5) is 12.4. The van der Waals surface area contributed by atoms with Crippen molar-refractivity contribution < 1.29 is 22.7 Å². The SMILES string of the molecule is C[C@@H]1CN(S(=O)(=O)c2cccc(C(=O)OCc3ccccc3)c2)C[C@H](C)O1. The highest BCUT2D eigenvalue weighted by Gasteiger charge is 2.32. The summed E-state index contributed by atoms with van der Waals surface area (Å²) in [7, 11) is -3.71. The fourth-order valence-corrected chi connectivity index (χ4v) is 4.70. The van der Waals surface area contributed by atoms with Crippen molar-refractivity contribution in [3.05, 3.63) is 65.7 Å². The average molecular weight is 389 g/mol. The first-order valence-corrected chi connectivity index (χ1v) is 10.3. The zero-order chi connectivity index (χ0) is 19.4. The number of esters is 1. The van der Waals surface area contributed by atoms with Crippen LogP contribution in [0.15, 0.2) is 59.5 Å². The molecule has 1 heterocycles. The van der Waals surface area contributed by atoms with Crippen LogP contribution >= 0.6 is 0 Å². The van der Waals surface area contributed by atoms with E-state index in [1.54, 1.807) is 12.1 Å². The van der Waals surface area contributed by atoms with Gasteiger partial charge in [0.1, 0.15) is 6.61 Å². The zero-order valence-corrected chi connectivity index (χ0v) is 16.2. The van der Waals surface area contributed by atoms with Crippen molar-refractivity contribution in [2.75, 3.05) is 13.1 Å². The smallest absolute Gasteiger partial charge is 0.338 e. The van der Waals surface area contributed by atoms with Crippen LogP contribution in [-0.2, 0) is 26.1 Å². The molecule has 0 spiro atoms. The van der Waals surface area contributed by atoms with Crippen LogP contribution in [0.2, 0.25) is 0 Å². The van der Waals surface area contributed by atoms with Crippen LogP contribution in [0.4, 0.5) is 0 Å². The van der Waals surface area contributed by atoms with E-state index in [0.717, 1.165) is 5.56 Å². The minimum Gasteiger partial charge on any atom is -0.457 e. The average Bonchev–Trinajstić information content (AvgIpc) is 2.66. The normalized spacial score (nSPS) is 21.0. The number of benzene rings is 2. The van der Waals surface area contributed by atoms with Crippen molar-refractivity contribution in [2.24, 2.45) is 0 Å². The summed E-state index contributed by atoms with van der Waals surface area (Å²) < 4.78 is 38.2. The maximum atomic E-state index is 13.0. The van der Waals surface area contributed by atoms with Crippen LogP contribution in [0.3, 0.4) is 0 Å². The van der Waals surface area contributed by atoms with Gasteiger partial charge in [-0.1, -0.05) is 36.4 Å². The Morgan fingerprint density at radius 3 is 2.41 bits per heavy atom. The van der Waals surface area contributed by atoms with Gasteiger partial charge in [0.05, 0.1) is 22.7 Å². The number of rotatable bonds is 5. The second kappa shape index (κ2) is 8.21. The van der Waals surface area contributed by atoms with Crippen LogP contribution in [0.1, 0.15) is 29.8 Å². The number of hydrogen-bond acceptors (Lipinski definition) is 5. The van der Waals surface area contributed by atoms with Gasteiger partial charge >= 0.3 is 5.97 Å². The van der Waals surface area contributed by atoms with Crippen molar-refractivity contribution in [2.45, 2.75) is 37.6 Å². The molecule has 1 saturated heterocycles. The molecular weight excluding hydrogens is 366 g/mol. The Labute approximate surface area is 159 Å². The van der Waals surface area contributed by atoms with E-state index < -0.39 is 16.0 Å². The molecule has 1 aliphatic heterocycles. The van der Waals surface area contributed by atoms with Gasteiger partial charge in [0, 0.05) is 13.1 Å². The van der Waals surface area contributed by atoms with Gasteiger partial charge in [0.15, 0.2) is 0 Å². The van der Waals surface area contributed by atoms with Crippen LogP contribution in [0.5, 0.6) is 0 Å². The van der Waals surface area contributed by atoms with Crippen molar-refractivity contribution in [3.63, 3.8) is 0 Å². The number of nitrogens with zero attached hydrogens (tertiary/aromatic N) is 1. The maximum absolute atomic E-state index is 13.0. The fourth-order valence-electron chi connectivity index (χ4n) is 3.07. The third-order valence-electron chi connectivity index (χ3n) is 4.31. The lowest BCUT2D eigenvalue weighted by atomic mass is 10.2. The van der Waals surface area contributed by atoms with Crippen LogP contribution in [-0.4, -0.2) is 44.0 Å². The third kappa shape index (κ3) is 4.74. The molecule has 0 amide bonds. The molecule has 0 radical (unpaired) electrons.